The van der Waals surface area contributed by atoms with Crippen LogP contribution in [0.25, 0.3) is 0 Å². The zero-order valence-corrected chi connectivity index (χ0v) is 24.3. The maximum absolute atomic E-state index is 14.0. The summed E-state index contributed by atoms with van der Waals surface area (Å²) in [5.74, 6) is -0.332. The predicted molar refractivity (Wildman–Crippen MR) is 161 cm³/mol. The van der Waals surface area contributed by atoms with E-state index in [4.69, 9.17) is 11.6 Å². The van der Waals surface area contributed by atoms with Crippen LogP contribution in [0.15, 0.2) is 95.9 Å². The van der Waals surface area contributed by atoms with E-state index in [0.717, 1.165) is 29.5 Å². The molecule has 40 heavy (non-hydrogen) atoms. The molecule has 4 aromatic rings. The molecule has 0 heterocycles. The first kappa shape index (κ1) is 27.9. The van der Waals surface area contributed by atoms with Gasteiger partial charge in [0.05, 0.1) is 28.7 Å². The van der Waals surface area contributed by atoms with E-state index >= 15 is 0 Å². The number of benzene rings is 4. The van der Waals surface area contributed by atoms with Crippen molar-refractivity contribution in [3.8, 4) is 0 Å². The predicted octanol–water partition coefficient (Wildman–Crippen LogP) is 7.41. The number of carbonyl (C=O) groups is 1. The molecule has 1 aliphatic rings. The number of aryl methyl sites for hydroxylation is 3. The monoisotopic (exact) mass is 572 g/mol. The Hall–Kier alpha value is -3.61. The lowest BCUT2D eigenvalue weighted by molar-refractivity contribution is 0.0940. The molecule has 0 spiro atoms. The number of amides is 1. The van der Waals surface area contributed by atoms with E-state index in [1.807, 2.05) is 13.8 Å². The van der Waals surface area contributed by atoms with Crippen molar-refractivity contribution in [1.82, 2.24) is 5.32 Å². The molecule has 1 atom stereocenters. The summed E-state index contributed by atoms with van der Waals surface area (Å²) < 4.78 is 29.4. The third-order valence-corrected chi connectivity index (χ3v) is 9.51. The van der Waals surface area contributed by atoms with Crippen molar-refractivity contribution >= 4 is 33.2 Å². The Morgan fingerprint density at radius 1 is 0.900 bits per heavy atom. The van der Waals surface area contributed by atoms with Crippen molar-refractivity contribution in [1.29, 1.82) is 0 Å². The van der Waals surface area contributed by atoms with Crippen LogP contribution in [0.2, 0.25) is 5.02 Å². The summed E-state index contributed by atoms with van der Waals surface area (Å²) >= 11 is 6.09. The molecule has 206 valence electrons. The topological polar surface area (TPSA) is 66.5 Å². The molecule has 1 N–H and O–H groups in total. The number of sulfonamides is 1. The third kappa shape index (κ3) is 6.08. The molecular weight excluding hydrogens is 540 g/mol. The summed E-state index contributed by atoms with van der Waals surface area (Å²) in [5, 5.41) is 3.67. The number of nitrogens with zero attached hydrogens (tertiary/aromatic N) is 1. The zero-order valence-electron chi connectivity index (χ0n) is 22.7. The van der Waals surface area contributed by atoms with E-state index in [1.54, 1.807) is 72.8 Å². The maximum atomic E-state index is 14.0. The second-order valence-corrected chi connectivity index (χ2v) is 12.7. The van der Waals surface area contributed by atoms with Gasteiger partial charge >= 0.3 is 0 Å². The summed E-state index contributed by atoms with van der Waals surface area (Å²) in [6, 6.07) is 26.8. The average molecular weight is 573 g/mol. The lowest BCUT2D eigenvalue weighted by atomic mass is 9.89. The number of rotatable bonds is 8. The van der Waals surface area contributed by atoms with Gasteiger partial charge in [-0.05, 0) is 98.2 Å². The van der Waals surface area contributed by atoms with Crippen molar-refractivity contribution in [3.63, 3.8) is 0 Å². The quantitative estimate of drug-likeness (QED) is 0.239. The smallest absolute Gasteiger partial charge is 0.264 e. The van der Waals surface area contributed by atoms with Crippen LogP contribution in [-0.2, 0) is 29.4 Å². The molecule has 0 aromatic heterocycles. The standard InChI is InChI=1S/C33H33ClN2O3S/c1-23-11-19-30(20-12-23)40(38,39)36(22-25-13-17-29(34)18-14-25)32-10-6-5-9-31(32)33(37)35-24(2)27-16-15-26-7-3-4-8-28(26)21-27/h5-6,9-21,24H,3-4,7-8,22H2,1-2H3,(H,35,37)/t24-/m0/s1. The molecule has 0 aliphatic heterocycles. The summed E-state index contributed by atoms with van der Waals surface area (Å²) in [5.41, 5.74) is 6.08. The highest BCUT2D eigenvalue weighted by molar-refractivity contribution is 7.92. The fourth-order valence-electron chi connectivity index (χ4n) is 5.16. The van der Waals surface area contributed by atoms with Crippen LogP contribution in [0.5, 0.6) is 0 Å². The summed E-state index contributed by atoms with van der Waals surface area (Å²) in [6.07, 6.45) is 4.56. The molecule has 0 radical (unpaired) electrons. The van der Waals surface area contributed by atoms with Crippen LogP contribution in [-0.4, -0.2) is 14.3 Å². The first-order valence-electron chi connectivity index (χ1n) is 13.6. The molecule has 0 saturated heterocycles. The number of fused-ring (bicyclic) bond motifs is 1. The second kappa shape index (κ2) is 11.9. The van der Waals surface area contributed by atoms with Crippen LogP contribution < -0.4 is 9.62 Å². The van der Waals surface area contributed by atoms with Gasteiger partial charge in [0, 0.05) is 5.02 Å². The Morgan fingerprint density at radius 2 is 1.57 bits per heavy atom. The Labute approximate surface area is 241 Å². The normalized spacial score (nSPS) is 13.8. The molecule has 0 saturated carbocycles. The molecule has 5 nitrogen and oxygen atoms in total. The third-order valence-electron chi connectivity index (χ3n) is 7.49. The number of halogens is 1. The van der Waals surface area contributed by atoms with Crippen LogP contribution in [0.1, 0.15) is 64.0 Å². The van der Waals surface area contributed by atoms with Crippen molar-refractivity contribution in [2.75, 3.05) is 4.31 Å². The minimum atomic E-state index is -4.01. The zero-order chi connectivity index (χ0) is 28.3. The fraction of sp³-hybridized carbons (Fsp3) is 0.242. The first-order valence-corrected chi connectivity index (χ1v) is 15.4. The number of carbonyl (C=O) groups excluding carboxylic acids is 1. The lowest BCUT2D eigenvalue weighted by Gasteiger charge is -2.27. The van der Waals surface area contributed by atoms with E-state index in [0.29, 0.717) is 10.7 Å². The van der Waals surface area contributed by atoms with Crippen molar-refractivity contribution in [2.24, 2.45) is 0 Å². The first-order chi connectivity index (χ1) is 19.2. The van der Waals surface area contributed by atoms with Gasteiger partial charge < -0.3 is 5.32 Å². The lowest BCUT2D eigenvalue weighted by Crippen LogP contribution is -2.34. The Kier molecular flexibility index (Phi) is 8.29. The summed E-state index contributed by atoms with van der Waals surface area (Å²) in [4.78, 5) is 13.9. The van der Waals surface area contributed by atoms with Gasteiger partial charge in [0.2, 0.25) is 0 Å². The molecular formula is C33H33ClN2O3S. The minimum Gasteiger partial charge on any atom is -0.345 e. The molecule has 4 aromatic carbocycles. The fourth-order valence-corrected chi connectivity index (χ4v) is 6.75. The van der Waals surface area contributed by atoms with Gasteiger partial charge in [-0.25, -0.2) is 8.42 Å². The SMILES string of the molecule is Cc1ccc(S(=O)(=O)N(Cc2ccc(Cl)cc2)c2ccccc2C(=O)N[C@@H](C)c2ccc3c(c2)CCCC3)cc1. The van der Waals surface area contributed by atoms with Crippen LogP contribution in [0.3, 0.4) is 0 Å². The Morgan fingerprint density at radius 3 is 2.30 bits per heavy atom. The maximum Gasteiger partial charge on any atom is 0.264 e. The number of hydrogen-bond acceptors (Lipinski definition) is 3. The van der Waals surface area contributed by atoms with E-state index in [1.165, 1.54) is 28.3 Å². The van der Waals surface area contributed by atoms with Crippen molar-refractivity contribution < 1.29 is 13.2 Å². The number of anilines is 1. The van der Waals surface area contributed by atoms with E-state index in [2.05, 4.69) is 23.5 Å². The second-order valence-electron chi connectivity index (χ2n) is 10.4. The highest BCUT2D eigenvalue weighted by Gasteiger charge is 2.29. The van der Waals surface area contributed by atoms with Crippen LogP contribution >= 0.6 is 11.6 Å². The average Bonchev–Trinajstić information content (AvgIpc) is 2.96. The molecule has 0 bridgehead atoms. The summed E-state index contributed by atoms with van der Waals surface area (Å²) in [7, 11) is -4.01. The Balaban J connectivity index is 1.49. The highest BCUT2D eigenvalue weighted by atomic mass is 35.5. The van der Waals surface area contributed by atoms with Crippen LogP contribution in [0, 0.1) is 6.92 Å². The largest absolute Gasteiger partial charge is 0.345 e. The van der Waals surface area contributed by atoms with Crippen LogP contribution in [0.4, 0.5) is 5.69 Å². The van der Waals surface area contributed by atoms with Gasteiger partial charge in [0.25, 0.3) is 15.9 Å². The van der Waals surface area contributed by atoms with Gasteiger partial charge in [-0.15, -0.1) is 0 Å². The van der Waals surface area contributed by atoms with Crippen molar-refractivity contribution in [2.45, 2.75) is 57.0 Å². The summed E-state index contributed by atoms with van der Waals surface area (Å²) in [6.45, 7) is 3.91. The van der Waals surface area contributed by atoms with Gasteiger partial charge in [-0.3, -0.25) is 9.10 Å². The molecule has 1 aliphatic carbocycles. The Bertz CT molecular complexity index is 1620. The molecule has 0 fully saturated rings. The van der Waals surface area contributed by atoms with E-state index in [-0.39, 0.29) is 29.0 Å². The van der Waals surface area contributed by atoms with Crippen molar-refractivity contribution in [3.05, 3.63) is 129 Å². The molecule has 5 rings (SSSR count). The van der Waals surface area contributed by atoms with Gasteiger partial charge in [0.1, 0.15) is 0 Å². The van der Waals surface area contributed by atoms with E-state index < -0.39 is 10.0 Å². The van der Waals surface area contributed by atoms with Gasteiger partial charge in [-0.2, -0.15) is 0 Å². The highest BCUT2D eigenvalue weighted by Crippen LogP contribution is 2.31. The van der Waals surface area contributed by atoms with E-state index in [9.17, 15) is 13.2 Å². The number of hydrogen-bond donors (Lipinski definition) is 1. The molecule has 1 amide bonds. The minimum absolute atomic E-state index is 0.0397. The van der Waals surface area contributed by atoms with Gasteiger partial charge in [0.15, 0.2) is 0 Å². The number of nitrogens with one attached hydrogen (secondary N) is 1. The molecule has 7 heteroatoms. The van der Waals surface area contributed by atoms with Gasteiger partial charge in [-0.1, -0.05) is 71.8 Å². The molecule has 0 unspecified atom stereocenters. The number of para-hydroxylation sites is 1.